The number of hydrogen-bond acceptors (Lipinski definition) is 6. The number of carbonyl (C=O) groups is 2. The van der Waals surface area contributed by atoms with E-state index in [1.165, 1.54) is 26.4 Å². The van der Waals surface area contributed by atoms with E-state index in [0.717, 1.165) is 42.6 Å². The highest BCUT2D eigenvalue weighted by molar-refractivity contribution is 6.09. The Bertz CT molecular complexity index is 929. The first-order valence-electron chi connectivity index (χ1n) is 10.6. The van der Waals surface area contributed by atoms with Crippen molar-refractivity contribution in [3.8, 4) is 11.5 Å². The van der Waals surface area contributed by atoms with E-state index in [2.05, 4.69) is 4.99 Å². The fourth-order valence-electron chi connectivity index (χ4n) is 6.21. The van der Waals surface area contributed by atoms with Gasteiger partial charge in [-0.2, -0.15) is 0 Å². The molecule has 4 aliphatic carbocycles. The van der Waals surface area contributed by atoms with E-state index in [1.807, 2.05) is 0 Å². The Morgan fingerprint density at radius 1 is 1.20 bits per heavy atom. The molecular formula is C23H26N2O5. The van der Waals surface area contributed by atoms with E-state index in [1.54, 1.807) is 24.3 Å². The summed E-state index contributed by atoms with van der Waals surface area (Å²) in [5, 5.41) is 0. The summed E-state index contributed by atoms with van der Waals surface area (Å²) in [6.45, 7) is -0.234. The maximum absolute atomic E-state index is 12.6. The smallest absolute Gasteiger partial charge is 0.363 e. The lowest BCUT2D eigenvalue weighted by Crippen LogP contribution is -2.50. The van der Waals surface area contributed by atoms with Crippen molar-refractivity contribution in [3.63, 3.8) is 0 Å². The number of nitrogens with zero attached hydrogens (tertiary/aromatic N) is 1. The summed E-state index contributed by atoms with van der Waals surface area (Å²) in [5.41, 5.74) is 6.12. The van der Waals surface area contributed by atoms with Gasteiger partial charge in [0.05, 0.1) is 7.11 Å². The average Bonchev–Trinajstić information content (AvgIpc) is 3.07. The summed E-state index contributed by atoms with van der Waals surface area (Å²) in [7, 11) is 1.51. The predicted molar refractivity (Wildman–Crippen MR) is 110 cm³/mol. The summed E-state index contributed by atoms with van der Waals surface area (Å²) < 4.78 is 16.4. The van der Waals surface area contributed by atoms with Crippen LogP contribution in [-0.4, -0.2) is 31.5 Å². The van der Waals surface area contributed by atoms with Crippen LogP contribution in [0.4, 0.5) is 0 Å². The van der Waals surface area contributed by atoms with E-state index >= 15 is 0 Å². The Kier molecular flexibility index (Phi) is 4.56. The molecule has 0 radical (unpaired) electrons. The van der Waals surface area contributed by atoms with Crippen LogP contribution in [0.3, 0.4) is 0 Å². The molecule has 158 valence electrons. The number of carbonyl (C=O) groups excluding carboxylic acids is 2. The predicted octanol–water partition coefficient (Wildman–Crippen LogP) is 3.07. The number of methoxy groups -OCH3 is 1. The minimum atomic E-state index is -0.566. The van der Waals surface area contributed by atoms with E-state index in [4.69, 9.17) is 19.9 Å². The Labute approximate surface area is 175 Å². The SMILES string of the molecule is COc1cc(/C=C2\N=C(C34CC5CC(CC(C5)C3)C4)OC2=O)ccc1OCC(N)=O. The summed E-state index contributed by atoms with van der Waals surface area (Å²) >= 11 is 0. The first kappa shape index (κ1) is 19.2. The third-order valence-corrected chi connectivity index (χ3v) is 6.97. The lowest BCUT2D eigenvalue weighted by Gasteiger charge is -2.55. The molecule has 1 heterocycles. The molecule has 0 saturated heterocycles. The number of hydrogen-bond donors (Lipinski definition) is 1. The van der Waals surface area contributed by atoms with Gasteiger partial charge in [-0.25, -0.2) is 9.79 Å². The molecule has 4 bridgehead atoms. The van der Waals surface area contributed by atoms with Gasteiger partial charge in [-0.05, 0) is 80.1 Å². The van der Waals surface area contributed by atoms with Gasteiger partial charge in [0.2, 0.25) is 5.90 Å². The molecule has 5 aliphatic rings. The van der Waals surface area contributed by atoms with Crippen LogP contribution in [0, 0.1) is 23.2 Å². The van der Waals surface area contributed by atoms with Crippen LogP contribution in [0.1, 0.15) is 44.1 Å². The number of nitrogens with two attached hydrogens (primary N) is 1. The Morgan fingerprint density at radius 2 is 1.87 bits per heavy atom. The number of ether oxygens (including phenoxy) is 3. The highest BCUT2D eigenvalue weighted by Gasteiger charge is 2.55. The third-order valence-electron chi connectivity index (χ3n) is 6.97. The number of amides is 1. The van der Waals surface area contributed by atoms with Crippen molar-refractivity contribution < 1.29 is 23.8 Å². The molecule has 1 aromatic rings. The first-order valence-corrected chi connectivity index (χ1v) is 10.6. The molecule has 7 heteroatoms. The van der Waals surface area contributed by atoms with E-state index in [-0.39, 0.29) is 12.0 Å². The Balaban J connectivity index is 1.40. The van der Waals surface area contributed by atoms with Crippen LogP contribution in [0.2, 0.25) is 0 Å². The number of esters is 1. The highest BCUT2D eigenvalue weighted by Crippen LogP contribution is 2.61. The zero-order valence-electron chi connectivity index (χ0n) is 17.1. The monoisotopic (exact) mass is 410 g/mol. The molecule has 1 aromatic carbocycles. The third kappa shape index (κ3) is 3.36. The minimum Gasteiger partial charge on any atom is -0.493 e. The van der Waals surface area contributed by atoms with Crippen molar-refractivity contribution in [2.24, 2.45) is 33.9 Å². The van der Waals surface area contributed by atoms with Crippen molar-refractivity contribution in [3.05, 3.63) is 29.5 Å². The zero-order valence-corrected chi connectivity index (χ0v) is 17.1. The standard InChI is InChI=1S/C23H26N2O5/c1-28-19-8-13(2-3-18(19)29-12-20(24)26)7-17-21(27)30-22(25-17)23-9-14-4-15(10-23)6-16(5-14)11-23/h2-3,7-8,14-16H,4-6,9-12H2,1H3,(H2,24,26)/b17-7-. The van der Waals surface area contributed by atoms with Crippen molar-refractivity contribution in [2.45, 2.75) is 38.5 Å². The van der Waals surface area contributed by atoms with Gasteiger partial charge in [-0.1, -0.05) is 6.07 Å². The maximum Gasteiger partial charge on any atom is 0.363 e. The fraction of sp³-hybridized carbons (Fsp3) is 0.522. The number of aliphatic imine (C=N–C) groups is 1. The Hall–Kier alpha value is -2.83. The molecule has 1 amide bonds. The van der Waals surface area contributed by atoms with Crippen molar-refractivity contribution >= 4 is 23.9 Å². The van der Waals surface area contributed by atoms with Crippen LogP contribution < -0.4 is 15.2 Å². The molecule has 0 aromatic heterocycles. The molecule has 2 N–H and O–H groups in total. The molecule has 7 nitrogen and oxygen atoms in total. The van der Waals surface area contributed by atoms with E-state index < -0.39 is 11.9 Å². The van der Waals surface area contributed by atoms with Gasteiger partial charge in [0.25, 0.3) is 5.91 Å². The molecule has 4 saturated carbocycles. The van der Waals surface area contributed by atoms with Gasteiger partial charge in [0.15, 0.2) is 23.8 Å². The van der Waals surface area contributed by atoms with Gasteiger partial charge in [0.1, 0.15) is 0 Å². The first-order chi connectivity index (χ1) is 14.4. The maximum atomic E-state index is 12.6. The molecule has 30 heavy (non-hydrogen) atoms. The van der Waals surface area contributed by atoms with Crippen molar-refractivity contribution in [1.29, 1.82) is 0 Å². The van der Waals surface area contributed by atoms with Crippen LogP contribution >= 0.6 is 0 Å². The number of benzene rings is 1. The quantitative estimate of drug-likeness (QED) is 0.574. The van der Waals surface area contributed by atoms with Crippen molar-refractivity contribution in [1.82, 2.24) is 0 Å². The number of primary amides is 1. The Morgan fingerprint density at radius 3 is 2.47 bits per heavy atom. The second kappa shape index (κ2) is 7.15. The van der Waals surface area contributed by atoms with Crippen LogP contribution in [0.15, 0.2) is 28.9 Å². The minimum absolute atomic E-state index is 0.0514. The summed E-state index contributed by atoms with van der Waals surface area (Å²) in [6, 6.07) is 5.18. The van der Waals surface area contributed by atoms with Gasteiger partial charge in [-0.3, -0.25) is 4.79 Å². The summed E-state index contributed by atoms with van der Waals surface area (Å²) in [6.07, 6.45) is 8.97. The van der Waals surface area contributed by atoms with Crippen LogP contribution in [0.25, 0.3) is 6.08 Å². The molecule has 0 atom stereocenters. The molecule has 1 aliphatic heterocycles. The van der Waals surface area contributed by atoms with E-state index in [0.29, 0.717) is 23.1 Å². The molecule has 6 rings (SSSR count). The molecule has 4 fully saturated rings. The van der Waals surface area contributed by atoms with Gasteiger partial charge < -0.3 is 19.9 Å². The summed E-state index contributed by atoms with van der Waals surface area (Å²) in [5.74, 6) is 2.78. The lowest BCUT2D eigenvalue weighted by molar-refractivity contribution is -0.131. The second-order valence-electron chi connectivity index (χ2n) is 9.20. The molecule has 0 spiro atoms. The van der Waals surface area contributed by atoms with Gasteiger partial charge >= 0.3 is 5.97 Å². The second-order valence-corrected chi connectivity index (χ2v) is 9.20. The average molecular weight is 410 g/mol. The highest BCUT2D eigenvalue weighted by atomic mass is 16.6. The zero-order chi connectivity index (χ0) is 20.9. The largest absolute Gasteiger partial charge is 0.493 e. The fourth-order valence-corrected chi connectivity index (χ4v) is 6.21. The molecular weight excluding hydrogens is 384 g/mol. The normalized spacial score (nSPS) is 32.8. The van der Waals surface area contributed by atoms with Crippen LogP contribution in [-0.2, 0) is 14.3 Å². The summed E-state index contributed by atoms with van der Waals surface area (Å²) in [4.78, 5) is 28.2. The van der Waals surface area contributed by atoms with Crippen molar-refractivity contribution in [2.75, 3.05) is 13.7 Å². The van der Waals surface area contributed by atoms with Crippen LogP contribution in [0.5, 0.6) is 11.5 Å². The van der Waals surface area contributed by atoms with E-state index in [9.17, 15) is 9.59 Å². The molecule has 0 unspecified atom stereocenters. The number of rotatable bonds is 6. The number of cyclic esters (lactones) is 1. The van der Waals surface area contributed by atoms with Gasteiger partial charge in [0, 0.05) is 5.41 Å². The van der Waals surface area contributed by atoms with Gasteiger partial charge in [-0.15, -0.1) is 0 Å². The lowest BCUT2D eigenvalue weighted by atomic mass is 9.49. The topological polar surface area (TPSA) is 100 Å².